The van der Waals surface area contributed by atoms with Gasteiger partial charge in [0.05, 0.1) is 17.7 Å². The molecule has 0 unspecified atom stereocenters. The summed E-state index contributed by atoms with van der Waals surface area (Å²) in [6.07, 6.45) is -5.21. The van der Waals surface area contributed by atoms with Crippen LogP contribution in [0.3, 0.4) is 0 Å². The summed E-state index contributed by atoms with van der Waals surface area (Å²) in [6, 6.07) is 3.64. The maximum absolute atomic E-state index is 12.4. The number of rotatable bonds is 5. The van der Waals surface area contributed by atoms with Gasteiger partial charge in [0, 0.05) is 5.69 Å². The Morgan fingerprint density at radius 1 is 1.32 bits per heavy atom. The molecular weight excluding hydrogens is 287 g/mol. The Morgan fingerprint density at radius 3 is 2.47 bits per heavy atom. The minimum absolute atomic E-state index is 0.264. The van der Waals surface area contributed by atoms with E-state index in [2.05, 4.69) is 0 Å². The van der Waals surface area contributed by atoms with Gasteiger partial charge in [-0.25, -0.2) is 8.42 Å². The summed E-state index contributed by atoms with van der Waals surface area (Å²) in [4.78, 5) is 10.2. The molecule has 2 N–H and O–H groups in total. The first-order chi connectivity index (χ1) is 8.60. The summed E-state index contributed by atoms with van der Waals surface area (Å²) in [5.74, 6) is -2.02. The van der Waals surface area contributed by atoms with E-state index in [9.17, 15) is 26.4 Å². The van der Waals surface area contributed by atoms with Crippen LogP contribution in [0.15, 0.2) is 24.3 Å². The SMILES string of the molecule is O=C(O)CCS(=O)(=O)Nc1cccc(C(F)(F)F)c1. The predicted octanol–water partition coefficient (Wildman–Crippen LogP) is 1.92. The van der Waals surface area contributed by atoms with Gasteiger partial charge in [0.25, 0.3) is 0 Å². The molecule has 106 valence electrons. The molecule has 0 aliphatic heterocycles. The average molecular weight is 297 g/mol. The number of hydrogen-bond donors (Lipinski definition) is 2. The molecule has 0 spiro atoms. The van der Waals surface area contributed by atoms with Crippen molar-refractivity contribution in [3.63, 3.8) is 0 Å². The number of carbonyl (C=O) groups is 1. The molecule has 0 heterocycles. The Labute approximate surface area is 107 Å². The van der Waals surface area contributed by atoms with Crippen molar-refractivity contribution in [1.29, 1.82) is 0 Å². The van der Waals surface area contributed by atoms with E-state index < -0.39 is 39.9 Å². The number of aliphatic carboxylic acids is 1. The van der Waals surface area contributed by atoms with E-state index in [1.807, 2.05) is 4.72 Å². The maximum atomic E-state index is 12.4. The zero-order valence-corrected chi connectivity index (χ0v) is 10.3. The zero-order valence-electron chi connectivity index (χ0n) is 9.44. The summed E-state index contributed by atoms with van der Waals surface area (Å²) < 4.78 is 61.9. The highest BCUT2D eigenvalue weighted by molar-refractivity contribution is 7.92. The van der Waals surface area contributed by atoms with Gasteiger partial charge in [-0.05, 0) is 18.2 Å². The van der Waals surface area contributed by atoms with Crippen molar-refractivity contribution in [2.45, 2.75) is 12.6 Å². The number of carboxylic acid groups (broad SMARTS) is 1. The van der Waals surface area contributed by atoms with Gasteiger partial charge in [-0.3, -0.25) is 9.52 Å². The molecule has 1 rings (SSSR count). The molecule has 0 radical (unpaired) electrons. The van der Waals surface area contributed by atoms with Crippen molar-refractivity contribution in [2.75, 3.05) is 10.5 Å². The van der Waals surface area contributed by atoms with E-state index >= 15 is 0 Å². The number of benzene rings is 1. The number of hydrogen-bond acceptors (Lipinski definition) is 3. The Hall–Kier alpha value is -1.77. The third-order valence-corrected chi connectivity index (χ3v) is 3.34. The normalized spacial score (nSPS) is 12.2. The zero-order chi connectivity index (χ0) is 14.7. The van der Waals surface area contributed by atoms with Gasteiger partial charge < -0.3 is 5.11 Å². The molecule has 0 amide bonds. The lowest BCUT2D eigenvalue weighted by atomic mass is 10.2. The molecule has 0 aliphatic rings. The van der Waals surface area contributed by atoms with Crippen molar-refractivity contribution < 1.29 is 31.5 Å². The van der Waals surface area contributed by atoms with Crippen LogP contribution in [0.5, 0.6) is 0 Å². The highest BCUT2D eigenvalue weighted by atomic mass is 32.2. The molecule has 0 aromatic heterocycles. The quantitative estimate of drug-likeness (QED) is 0.869. The van der Waals surface area contributed by atoms with Gasteiger partial charge in [-0.15, -0.1) is 0 Å². The van der Waals surface area contributed by atoms with Crippen LogP contribution in [-0.4, -0.2) is 25.2 Å². The average Bonchev–Trinajstić information content (AvgIpc) is 2.25. The minimum Gasteiger partial charge on any atom is -0.481 e. The number of anilines is 1. The molecule has 0 saturated carbocycles. The number of halogens is 3. The second kappa shape index (κ2) is 5.47. The topological polar surface area (TPSA) is 83.5 Å². The van der Waals surface area contributed by atoms with Gasteiger partial charge in [-0.2, -0.15) is 13.2 Å². The van der Waals surface area contributed by atoms with E-state index in [0.29, 0.717) is 6.07 Å². The maximum Gasteiger partial charge on any atom is 0.416 e. The third-order valence-electron chi connectivity index (χ3n) is 2.05. The Morgan fingerprint density at radius 2 is 1.95 bits per heavy atom. The molecule has 1 aromatic rings. The van der Waals surface area contributed by atoms with Crippen molar-refractivity contribution >= 4 is 21.7 Å². The first kappa shape index (κ1) is 15.3. The fourth-order valence-electron chi connectivity index (χ4n) is 1.21. The van der Waals surface area contributed by atoms with Crippen LogP contribution in [0.4, 0.5) is 18.9 Å². The molecular formula is C10H10F3NO4S. The van der Waals surface area contributed by atoms with Crippen molar-refractivity contribution in [3.8, 4) is 0 Å². The Balaban J connectivity index is 2.85. The molecule has 9 heteroatoms. The standard InChI is InChI=1S/C10H10F3NO4S/c11-10(12,13)7-2-1-3-8(6-7)14-19(17,18)5-4-9(15)16/h1-3,6,14H,4-5H2,(H,15,16). The molecule has 0 bridgehead atoms. The first-order valence-electron chi connectivity index (χ1n) is 5.00. The summed E-state index contributed by atoms with van der Waals surface area (Å²) in [7, 11) is -3.99. The second-order valence-electron chi connectivity index (χ2n) is 3.64. The van der Waals surface area contributed by atoms with Crippen LogP contribution in [-0.2, 0) is 21.0 Å². The first-order valence-corrected chi connectivity index (χ1v) is 6.65. The summed E-state index contributed by atoms with van der Waals surface area (Å²) in [5, 5.41) is 8.35. The minimum atomic E-state index is -4.58. The number of nitrogens with one attached hydrogen (secondary N) is 1. The van der Waals surface area contributed by atoms with Crippen LogP contribution >= 0.6 is 0 Å². The fourth-order valence-corrected chi connectivity index (χ4v) is 2.24. The predicted molar refractivity (Wildman–Crippen MR) is 61.1 cm³/mol. The Kier molecular flexibility index (Phi) is 4.40. The van der Waals surface area contributed by atoms with E-state index in [1.54, 1.807) is 0 Å². The van der Waals surface area contributed by atoms with Crippen LogP contribution in [0.1, 0.15) is 12.0 Å². The highest BCUT2D eigenvalue weighted by Gasteiger charge is 2.30. The molecule has 5 nitrogen and oxygen atoms in total. The number of sulfonamides is 1. The van der Waals surface area contributed by atoms with E-state index in [1.165, 1.54) is 0 Å². The number of carboxylic acids is 1. The Bertz CT molecular complexity index is 568. The lowest BCUT2D eigenvalue weighted by Crippen LogP contribution is -2.19. The molecule has 0 saturated heterocycles. The summed E-state index contributed by atoms with van der Waals surface area (Å²) in [5.41, 5.74) is -1.26. The van der Waals surface area contributed by atoms with Gasteiger partial charge in [-0.1, -0.05) is 6.07 Å². The monoisotopic (exact) mass is 297 g/mol. The van der Waals surface area contributed by atoms with Gasteiger partial charge in [0.2, 0.25) is 10.0 Å². The molecule has 19 heavy (non-hydrogen) atoms. The molecule has 0 aliphatic carbocycles. The second-order valence-corrected chi connectivity index (χ2v) is 5.49. The van der Waals surface area contributed by atoms with E-state index in [4.69, 9.17) is 5.11 Å². The van der Waals surface area contributed by atoms with Gasteiger partial charge in [0.1, 0.15) is 0 Å². The van der Waals surface area contributed by atoms with Crippen LogP contribution in [0.2, 0.25) is 0 Å². The van der Waals surface area contributed by atoms with E-state index in [0.717, 1.165) is 18.2 Å². The van der Waals surface area contributed by atoms with Gasteiger partial charge in [0.15, 0.2) is 0 Å². The largest absolute Gasteiger partial charge is 0.481 e. The smallest absolute Gasteiger partial charge is 0.416 e. The molecule has 0 atom stereocenters. The van der Waals surface area contributed by atoms with Crippen molar-refractivity contribution in [2.24, 2.45) is 0 Å². The van der Waals surface area contributed by atoms with Crippen LogP contribution in [0, 0.1) is 0 Å². The van der Waals surface area contributed by atoms with Crippen molar-refractivity contribution in [1.82, 2.24) is 0 Å². The van der Waals surface area contributed by atoms with Crippen molar-refractivity contribution in [3.05, 3.63) is 29.8 Å². The summed E-state index contributed by atoms with van der Waals surface area (Å²) >= 11 is 0. The molecule has 1 aromatic carbocycles. The lowest BCUT2D eigenvalue weighted by molar-refractivity contribution is -0.138. The highest BCUT2D eigenvalue weighted by Crippen LogP contribution is 2.30. The number of alkyl halides is 3. The third kappa shape index (κ3) is 5.16. The van der Waals surface area contributed by atoms with E-state index in [-0.39, 0.29) is 5.69 Å². The lowest BCUT2D eigenvalue weighted by Gasteiger charge is -2.10. The molecule has 0 fully saturated rings. The van der Waals surface area contributed by atoms with Crippen LogP contribution < -0.4 is 4.72 Å². The van der Waals surface area contributed by atoms with Crippen LogP contribution in [0.25, 0.3) is 0 Å². The van der Waals surface area contributed by atoms with Gasteiger partial charge >= 0.3 is 12.1 Å². The fraction of sp³-hybridized carbons (Fsp3) is 0.300. The summed E-state index contributed by atoms with van der Waals surface area (Å²) in [6.45, 7) is 0.